The van der Waals surface area contributed by atoms with Crippen molar-refractivity contribution in [2.24, 2.45) is 0 Å². The summed E-state index contributed by atoms with van der Waals surface area (Å²) in [6, 6.07) is 8.52. The zero-order chi connectivity index (χ0) is 17.7. The predicted octanol–water partition coefficient (Wildman–Crippen LogP) is 4.37. The molecule has 128 valence electrons. The van der Waals surface area contributed by atoms with E-state index in [0.29, 0.717) is 17.2 Å². The highest BCUT2D eigenvalue weighted by atomic mass is 19.4. The molecule has 24 heavy (non-hydrogen) atoms. The number of carbonyl (C=O) groups excluding carboxylic acids is 1. The van der Waals surface area contributed by atoms with E-state index < -0.39 is 17.8 Å². The number of para-hydroxylation sites is 1. The highest BCUT2D eigenvalue weighted by Gasteiger charge is 2.33. The van der Waals surface area contributed by atoms with Gasteiger partial charge in [-0.05, 0) is 12.1 Å². The van der Waals surface area contributed by atoms with Gasteiger partial charge in [0.15, 0.2) is 0 Å². The molecule has 0 unspecified atom stereocenters. The molecule has 0 heterocycles. The van der Waals surface area contributed by atoms with E-state index in [1.165, 1.54) is 44.6 Å². The molecule has 8 heteroatoms. The summed E-state index contributed by atoms with van der Waals surface area (Å²) in [4.78, 5) is 12.0. The number of rotatable bonds is 4. The van der Waals surface area contributed by atoms with E-state index in [2.05, 4.69) is 10.6 Å². The highest BCUT2D eigenvalue weighted by Crippen LogP contribution is 2.34. The first-order valence-electron chi connectivity index (χ1n) is 6.81. The molecule has 0 saturated heterocycles. The fraction of sp³-hybridized carbons (Fsp3) is 0.188. The van der Waals surface area contributed by atoms with Crippen LogP contribution in [0.15, 0.2) is 42.5 Å². The van der Waals surface area contributed by atoms with Gasteiger partial charge in [0.2, 0.25) is 0 Å². The highest BCUT2D eigenvalue weighted by molar-refractivity contribution is 6.00. The Morgan fingerprint density at radius 3 is 2.08 bits per heavy atom. The van der Waals surface area contributed by atoms with Gasteiger partial charge >= 0.3 is 12.2 Å². The minimum Gasteiger partial charge on any atom is -0.497 e. The Kier molecular flexibility index (Phi) is 5.18. The lowest BCUT2D eigenvalue weighted by Crippen LogP contribution is -2.21. The molecule has 0 bridgehead atoms. The number of alkyl halides is 3. The van der Waals surface area contributed by atoms with Crippen molar-refractivity contribution in [3.8, 4) is 11.5 Å². The van der Waals surface area contributed by atoms with Gasteiger partial charge in [0.25, 0.3) is 0 Å². The van der Waals surface area contributed by atoms with E-state index in [4.69, 9.17) is 9.47 Å². The van der Waals surface area contributed by atoms with Crippen LogP contribution in [0.2, 0.25) is 0 Å². The normalized spacial score (nSPS) is 10.9. The molecule has 0 spiro atoms. The van der Waals surface area contributed by atoms with Crippen LogP contribution in [0.4, 0.5) is 29.3 Å². The van der Waals surface area contributed by atoms with Crippen molar-refractivity contribution < 1.29 is 27.4 Å². The number of carbonyl (C=O) groups is 1. The number of nitrogens with one attached hydrogen (secondary N) is 2. The van der Waals surface area contributed by atoms with Crippen molar-refractivity contribution in [3.05, 3.63) is 48.0 Å². The van der Waals surface area contributed by atoms with Crippen LogP contribution >= 0.6 is 0 Å². The van der Waals surface area contributed by atoms with Gasteiger partial charge in [-0.1, -0.05) is 12.1 Å². The van der Waals surface area contributed by atoms with Crippen molar-refractivity contribution in [2.75, 3.05) is 24.9 Å². The van der Waals surface area contributed by atoms with Crippen molar-refractivity contribution in [1.29, 1.82) is 0 Å². The van der Waals surface area contributed by atoms with Crippen LogP contribution in [0.3, 0.4) is 0 Å². The third-order valence-corrected chi connectivity index (χ3v) is 3.09. The molecule has 0 aliphatic carbocycles. The second kappa shape index (κ2) is 7.12. The molecule has 2 rings (SSSR count). The molecule has 0 aromatic heterocycles. The summed E-state index contributed by atoms with van der Waals surface area (Å²) < 4.78 is 48.9. The SMILES string of the molecule is COc1cc(NC(=O)Nc2ccccc2C(F)(F)F)cc(OC)c1. The second-order valence-electron chi connectivity index (χ2n) is 4.72. The first kappa shape index (κ1) is 17.5. The van der Waals surface area contributed by atoms with E-state index in [1.807, 2.05) is 0 Å². The van der Waals surface area contributed by atoms with Gasteiger partial charge in [0, 0.05) is 23.9 Å². The lowest BCUT2D eigenvalue weighted by molar-refractivity contribution is -0.136. The zero-order valence-electron chi connectivity index (χ0n) is 12.9. The molecule has 2 N–H and O–H groups in total. The summed E-state index contributed by atoms with van der Waals surface area (Å²) in [5.41, 5.74) is -0.950. The Bertz CT molecular complexity index is 710. The van der Waals surface area contributed by atoms with E-state index >= 15 is 0 Å². The Balaban J connectivity index is 2.18. The quantitative estimate of drug-likeness (QED) is 0.869. The molecule has 0 aliphatic heterocycles. The fourth-order valence-corrected chi connectivity index (χ4v) is 2.00. The van der Waals surface area contributed by atoms with E-state index in [0.717, 1.165) is 6.07 Å². The number of hydrogen-bond donors (Lipinski definition) is 2. The summed E-state index contributed by atoms with van der Waals surface area (Å²) in [5, 5.41) is 4.63. The lowest BCUT2D eigenvalue weighted by atomic mass is 10.1. The van der Waals surface area contributed by atoms with Gasteiger partial charge in [0.1, 0.15) is 11.5 Å². The first-order valence-corrected chi connectivity index (χ1v) is 6.81. The summed E-state index contributed by atoms with van der Waals surface area (Å²) >= 11 is 0. The molecular weight excluding hydrogens is 325 g/mol. The van der Waals surface area contributed by atoms with Crippen LogP contribution < -0.4 is 20.1 Å². The topological polar surface area (TPSA) is 59.6 Å². The number of halogens is 3. The van der Waals surface area contributed by atoms with Crippen LogP contribution in [-0.4, -0.2) is 20.3 Å². The van der Waals surface area contributed by atoms with Crippen LogP contribution in [0.5, 0.6) is 11.5 Å². The smallest absolute Gasteiger partial charge is 0.418 e. The van der Waals surface area contributed by atoms with Gasteiger partial charge in [-0.25, -0.2) is 4.79 Å². The molecule has 2 aromatic rings. The molecule has 0 saturated carbocycles. The predicted molar refractivity (Wildman–Crippen MR) is 83.6 cm³/mol. The summed E-state index contributed by atoms with van der Waals surface area (Å²) in [6.45, 7) is 0. The molecule has 0 fully saturated rings. The fourth-order valence-electron chi connectivity index (χ4n) is 2.00. The van der Waals surface area contributed by atoms with Gasteiger partial charge < -0.3 is 20.1 Å². The van der Waals surface area contributed by atoms with E-state index in [9.17, 15) is 18.0 Å². The molecule has 5 nitrogen and oxygen atoms in total. The minimum atomic E-state index is -4.57. The minimum absolute atomic E-state index is 0.313. The Hall–Kier alpha value is -2.90. The number of methoxy groups -OCH3 is 2. The van der Waals surface area contributed by atoms with E-state index in [1.54, 1.807) is 6.07 Å². The third-order valence-electron chi connectivity index (χ3n) is 3.09. The summed E-state index contributed by atoms with van der Waals surface area (Å²) in [6.07, 6.45) is -4.57. The van der Waals surface area contributed by atoms with Crippen LogP contribution in [0, 0.1) is 0 Å². The van der Waals surface area contributed by atoms with Crippen LogP contribution in [0.25, 0.3) is 0 Å². The molecule has 2 amide bonds. The number of urea groups is 1. The number of amides is 2. The average Bonchev–Trinajstić information content (AvgIpc) is 2.53. The van der Waals surface area contributed by atoms with Gasteiger partial charge in [-0.15, -0.1) is 0 Å². The maximum absolute atomic E-state index is 12.9. The van der Waals surface area contributed by atoms with Crippen molar-refractivity contribution >= 4 is 17.4 Å². The lowest BCUT2D eigenvalue weighted by Gasteiger charge is -2.14. The largest absolute Gasteiger partial charge is 0.497 e. The number of benzene rings is 2. The Morgan fingerprint density at radius 1 is 0.958 bits per heavy atom. The van der Waals surface area contributed by atoms with Gasteiger partial charge in [0.05, 0.1) is 25.5 Å². The Morgan fingerprint density at radius 2 is 1.54 bits per heavy atom. The maximum Gasteiger partial charge on any atom is 0.418 e. The molecular formula is C16H15F3N2O3. The number of anilines is 2. The number of ether oxygens (including phenoxy) is 2. The molecule has 2 aromatic carbocycles. The number of hydrogen-bond acceptors (Lipinski definition) is 3. The standard InChI is InChI=1S/C16H15F3N2O3/c1-23-11-7-10(8-12(9-11)24-2)20-15(22)21-14-6-4-3-5-13(14)16(17,18)19/h3-9H,1-2H3,(H2,20,21,22). The van der Waals surface area contributed by atoms with Crippen LogP contribution in [-0.2, 0) is 6.18 Å². The molecule has 0 radical (unpaired) electrons. The monoisotopic (exact) mass is 340 g/mol. The van der Waals surface area contributed by atoms with Crippen molar-refractivity contribution in [3.63, 3.8) is 0 Å². The van der Waals surface area contributed by atoms with Crippen LogP contribution in [0.1, 0.15) is 5.56 Å². The van der Waals surface area contributed by atoms with E-state index in [-0.39, 0.29) is 5.69 Å². The van der Waals surface area contributed by atoms with Crippen molar-refractivity contribution in [2.45, 2.75) is 6.18 Å². The zero-order valence-corrected chi connectivity index (χ0v) is 12.9. The second-order valence-corrected chi connectivity index (χ2v) is 4.72. The average molecular weight is 340 g/mol. The van der Waals surface area contributed by atoms with Gasteiger partial charge in [-0.3, -0.25) is 0 Å². The Labute approximate surface area is 136 Å². The van der Waals surface area contributed by atoms with Crippen molar-refractivity contribution in [1.82, 2.24) is 0 Å². The molecule has 0 atom stereocenters. The first-order chi connectivity index (χ1) is 11.3. The maximum atomic E-state index is 12.9. The summed E-state index contributed by atoms with van der Waals surface area (Å²) in [7, 11) is 2.89. The summed E-state index contributed by atoms with van der Waals surface area (Å²) in [5.74, 6) is 0.862. The molecule has 0 aliphatic rings. The third kappa shape index (κ3) is 4.31. The van der Waals surface area contributed by atoms with Gasteiger partial charge in [-0.2, -0.15) is 13.2 Å².